The zero-order valence-corrected chi connectivity index (χ0v) is 14.0. The van der Waals surface area contributed by atoms with Crippen molar-refractivity contribution in [3.8, 4) is 11.5 Å². The lowest BCUT2D eigenvalue weighted by Gasteiger charge is -2.12. The monoisotopic (exact) mass is 334 g/mol. The largest absolute Gasteiger partial charge is 0.497 e. The number of hydrogen-bond acceptors (Lipinski definition) is 5. The van der Waals surface area contributed by atoms with Gasteiger partial charge in [0, 0.05) is 0 Å². The summed E-state index contributed by atoms with van der Waals surface area (Å²) in [6, 6.07) is 6.86. The van der Waals surface area contributed by atoms with E-state index in [1.807, 2.05) is 30.5 Å². The van der Waals surface area contributed by atoms with Crippen molar-refractivity contribution in [1.82, 2.24) is 5.32 Å². The molecule has 1 atom stereocenters. The first-order valence-electron chi connectivity index (χ1n) is 6.46. The smallest absolute Gasteiger partial charge is 0.237 e. The summed E-state index contributed by atoms with van der Waals surface area (Å²) in [6.45, 7) is 0.852. The summed E-state index contributed by atoms with van der Waals surface area (Å²) in [7, 11) is 1.62. The van der Waals surface area contributed by atoms with E-state index in [9.17, 15) is 4.79 Å². The number of ether oxygens (including phenoxy) is 2. The molecule has 21 heavy (non-hydrogen) atoms. The zero-order chi connectivity index (χ0) is 14.8. The van der Waals surface area contributed by atoms with E-state index in [0.717, 1.165) is 17.3 Å². The molecule has 3 N–H and O–H groups in total. The first kappa shape index (κ1) is 19.9. The van der Waals surface area contributed by atoms with Crippen LogP contribution in [0.2, 0.25) is 0 Å². The lowest BCUT2D eigenvalue weighted by molar-refractivity contribution is -0.122. The lowest BCUT2D eigenvalue weighted by atomic mass is 10.2. The van der Waals surface area contributed by atoms with Crippen LogP contribution in [-0.2, 0) is 4.79 Å². The van der Waals surface area contributed by atoms with Gasteiger partial charge in [-0.3, -0.25) is 4.79 Å². The molecule has 1 rings (SSSR count). The zero-order valence-electron chi connectivity index (χ0n) is 12.3. The Kier molecular flexibility index (Phi) is 10.9. The molecule has 1 aromatic rings. The van der Waals surface area contributed by atoms with E-state index < -0.39 is 6.04 Å². The molecule has 0 bridgehead atoms. The average molecular weight is 335 g/mol. The summed E-state index contributed by atoms with van der Waals surface area (Å²) >= 11 is 1.68. The highest BCUT2D eigenvalue weighted by Crippen LogP contribution is 2.16. The van der Waals surface area contributed by atoms with E-state index in [1.165, 1.54) is 0 Å². The fourth-order valence-corrected chi connectivity index (χ4v) is 2.01. The van der Waals surface area contributed by atoms with Gasteiger partial charge in [-0.05, 0) is 42.7 Å². The normalized spacial score (nSPS) is 11.2. The first-order chi connectivity index (χ1) is 9.67. The molecule has 0 aliphatic carbocycles. The summed E-state index contributed by atoms with van der Waals surface area (Å²) in [6.07, 6.45) is 2.68. The van der Waals surface area contributed by atoms with E-state index in [4.69, 9.17) is 15.2 Å². The van der Waals surface area contributed by atoms with Crippen molar-refractivity contribution in [1.29, 1.82) is 0 Å². The van der Waals surface area contributed by atoms with Gasteiger partial charge in [-0.2, -0.15) is 11.8 Å². The molecule has 120 valence electrons. The van der Waals surface area contributed by atoms with Gasteiger partial charge >= 0.3 is 0 Å². The van der Waals surface area contributed by atoms with Crippen molar-refractivity contribution in [2.24, 2.45) is 5.73 Å². The third-order valence-corrected chi connectivity index (χ3v) is 3.34. The van der Waals surface area contributed by atoms with Crippen LogP contribution in [0.5, 0.6) is 11.5 Å². The molecular formula is C14H23ClN2O3S. The van der Waals surface area contributed by atoms with Crippen molar-refractivity contribution >= 4 is 30.1 Å². The van der Waals surface area contributed by atoms with Crippen molar-refractivity contribution in [2.45, 2.75) is 12.5 Å². The van der Waals surface area contributed by atoms with Gasteiger partial charge < -0.3 is 20.5 Å². The summed E-state index contributed by atoms with van der Waals surface area (Å²) < 4.78 is 10.6. The Morgan fingerprint density at radius 3 is 2.52 bits per heavy atom. The fraction of sp³-hybridized carbons (Fsp3) is 0.500. The lowest BCUT2D eigenvalue weighted by Crippen LogP contribution is -2.42. The number of rotatable bonds is 9. The van der Waals surface area contributed by atoms with Crippen LogP contribution in [-0.4, -0.2) is 44.2 Å². The Balaban J connectivity index is 0.00000400. The second-order valence-electron chi connectivity index (χ2n) is 4.20. The van der Waals surface area contributed by atoms with Crippen LogP contribution >= 0.6 is 24.2 Å². The van der Waals surface area contributed by atoms with Gasteiger partial charge in [0.2, 0.25) is 5.91 Å². The Bertz CT molecular complexity index is 404. The predicted octanol–water partition coefficient (Wildman–Crippen LogP) is 1.69. The van der Waals surface area contributed by atoms with E-state index in [-0.39, 0.29) is 18.3 Å². The standard InChI is InChI=1S/C14H22N2O3S.ClH/c1-18-11-3-5-12(6-4-11)19-9-8-16-14(17)13(15)7-10-20-2;/h3-6,13H,7-10,15H2,1-2H3,(H,16,17);1H/t13-;/m0./s1. The van der Waals surface area contributed by atoms with Gasteiger partial charge in [0.1, 0.15) is 18.1 Å². The van der Waals surface area contributed by atoms with E-state index in [2.05, 4.69) is 5.32 Å². The fourth-order valence-electron chi connectivity index (χ4n) is 1.52. The maximum absolute atomic E-state index is 11.6. The molecule has 0 unspecified atom stereocenters. The highest BCUT2D eigenvalue weighted by molar-refractivity contribution is 7.98. The molecule has 7 heteroatoms. The van der Waals surface area contributed by atoms with Crippen molar-refractivity contribution < 1.29 is 14.3 Å². The minimum Gasteiger partial charge on any atom is -0.497 e. The number of methoxy groups -OCH3 is 1. The van der Waals surface area contributed by atoms with Crippen LogP contribution in [0.25, 0.3) is 0 Å². The number of nitrogens with two attached hydrogens (primary N) is 1. The van der Waals surface area contributed by atoms with Gasteiger partial charge in [-0.15, -0.1) is 12.4 Å². The third kappa shape index (κ3) is 8.04. The van der Waals surface area contributed by atoms with Crippen LogP contribution in [0.3, 0.4) is 0 Å². The van der Waals surface area contributed by atoms with Crippen LogP contribution in [0.4, 0.5) is 0 Å². The van der Waals surface area contributed by atoms with Crippen LogP contribution in [0, 0.1) is 0 Å². The number of halogens is 1. The Morgan fingerprint density at radius 1 is 1.33 bits per heavy atom. The van der Waals surface area contributed by atoms with Gasteiger partial charge in [0.25, 0.3) is 0 Å². The number of benzene rings is 1. The van der Waals surface area contributed by atoms with Crippen LogP contribution < -0.4 is 20.5 Å². The minimum absolute atomic E-state index is 0. The first-order valence-corrected chi connectivity index (χ1v) is 7.86. The molecule has 0 aliphatic rings. The molecule has 0 fully saturated rings. The van der Waals surface area contributed by atoms with Gasteiger partial charge in [0.05, 0.1) is 19.7 Å². The highest BCUT2D eigenvalue weighted by Gasteiger charge is 2.11. The molecule has 0 spiro atoms. The van der Waals surface area contributed by atoms with Crippen molar-refractivity contribution in [3.05, 3.63) is 24.3 Å². The molecule has 1 amide bonds. The topological polar surface area (TPSA) is 73.6 Å². The van der Waals surface area contributed by atoms with E-state index >= 15 is 0 Å². The molecule has 0 saturated carbocycles. The average Bonchev–Trinajstić information content (AvgIpc) is 2.49. The maximum atomic E-state index is 11.6. The van der Waals surface area contributed by atoms with E-state index in [0.29, 0.717) is 19.6 Å². The number of nitrogens with one attached hydrogen (secondary N) is 1. The minimum atomic E-state index is -0.441. The van der Waals surface area contributed by atoms with Crippen molar-refractivity contribution in [2.75, 3.05) is 32.3 Å². The summed E-state index contributed by atoms with van der Waals surface area (Å²) in [4.78, 5) is 11.6. The Hall–Kier alpha value is -1.11. The van der Waals surface area contributed by atoms with Gasteiger partial charge in [-0.25, -0.2) is 0 Å². The highest BCUT2D eigenvalue weighted by atomic mass is 35.5. The number of amides is 1. The third-order valence-electron chi connectivity index (χ3n) is 2.70. The quantitative estimate of drug-likeness (QED) is 0.672. The Morgan fingerprint density at radius 2 is 1.95 bits per heavy atom. The molecule has 0 aromatic heterocycles. The molecule has 5 nitrogen and oxygen atoms in total. The number of carbonyl (C=O) groups excluding carboxylic acids is 1. The predicted molar refractivity (Wildman–Crippen MR) is 89.7 cm³/mol. The summed E-state index contributed by atoms with van der Waals surface area (Å²) in [5.74, 6) is 2.28. The summed E-state index contributed by atoms with van der Waals surface area (Å²) in [5.41, 5.74) is 5.75. The van der Waals surface area contributed by atoms with Gasteiger partial charge in [-0.1, -0.05) is 0 Å². The second kappa shape index (κ2) is 11.5. The number of thioether (sulfide) groups is 1. The van der Waals surface area contributed by atoms with Crippen molar-refractivity contribution in [3.63, 3.8) is 0 Å². The molecule has 0 radical (unpaired) electrons. The van der Waals surface area contributed by atoms with Gasteiger partial charge in [0.15, 0.2) is 0 Å². The summed E-state index contributed by atoms with van der Waals surface area (Å²) in [5, 5.41) is 2.76. The SMILES string of the molecule is COc1ccc(OCCNC(=O)[C@@H](N)CCSC)cc1.Cl. The number of carbonyl (C=O) groups is 1. The van der Waals surface area contributed by atoms with Crippen LogP contribution in [0.15, 0.2) is 24.3 Å². The Labute approximate surface area is 136 Å². The number of hydrogen-bond donors (Lipinski definition) is 2. The molecule has 0 heterocycles. The van der Waals surface area contributed by atoms with Crippen LogP contribution in [0.1, 0.15) is 6.42 Å². The second-order valence-corrected chi connectivity index (χ2v) is 5.19. The van der Waals surface area contributed by atoms with E-state index in [1.54, 1.807) is 18.9 Å². The molecule has 0 saturated heterocycles. The molecule has 0 aliphatic heterocycles. The maximum Gasteiger partial charge on any atom is 0.237 e. The molecular weight excluding hydrogens is 312 g/mol. The molecule has 1 aromatic carbocycles.